The normalized spacial score (nSPS) is 10.4. The van der Waals surface area contributed by atoms with Crippen molar-refractivity contribution in [2.75, 3.05) is 41.5 Å². The highest BCUT2D eigenvalue weighted by Crippen LogP contribution is 2.25. The molecule has 3 aromatic rings. The molecular weight excluding hydrogens is 390 g/mol. The second-order valence-corrected chi connectivity index (χ2v) is 7.09. The Morgan fingerprint density at radius 2 is 1.55 bits per heavy atom. The molecule has 0 saturated heterocycles. The number of aliphatic hydroxyl groups excluding tert-OH is 1. The maximum Gasteiger partial charge on any atom is 0.413 e. The summed E-state index contributed by atoms with van der Waals surface area (Å²) in [5.41, 5.74) is 4.50. The summed E-state index contributed by atoms with van der Waals surface area (Å²) in [6, 6.07) is 25.4. The molecule has 0 saturated carbocycles. The number of carbonyl (C=O) groups excluding carboxylic acids is 1. The van der Waals surface area contributed by atoms with Gasteiger partial charge in [-0.1, -0.05) is 36.4 Å². The lowest BCUT2D eigenvalue weighted by Gasteiger charge is -2.25. The van der Waals surface area contributed by atoms with Crippen molar-refractivity contribution in [3.63, 3.8) is 0 Å². The zero-order valence-electron chi connectivity index (χ0n) is 18.0. The van der Waals surface area contributed by atoms with Gasteiger partial charge < -0.3 is 19.6 Å². The van der Waals surface area contributed by atoms with E-state index in [0.717, 1.165) is 29.2 Å². The Labute approximate surface area is 183 Å². The molecule has 0 aliphatic rings. The van der Waals surface area contributed by atoms with Gasteiger partial charge in [-0.25, -0.2) is 4.79 Å². The summed E-state index contributed by atoms with van der Waals surface area (Å²) >= 11 is 0. The highest BCUT2D eigenvalue weighted by Gasteiger charge is 2.13. The molecule has 0 radical (unpaired) electrons. The fourth-order valence-corrected chi connectivity index (χ4v) is 3.36. The van der Waals surface area contributed by atoms with E-state index in [0.29, 0.717) is 12.2 Å². The molecule has 1 amide bonds. The van der Waals surface area contributed by atoms with Gasteiger partial charge in [-0.2, -0.15) is 0 Å². The van der Waals surface area contributed by atoms with Crippen LogP contribution in [0, 0.1) is 6.92 Å². The van der Waals surface area contributed by atoms with E-state index in [4.69, 9.17) is 4.74 Å². The van der Waals surface area contributed by atoms with Crippen LogP contribution in [0.4, 0.5) is 27.5 Å². The first kappa shape index (κ1) is 22.2. The van der Waals surface area contributed by atoms with Crippen LogP contribution in [0.5, 0.6) is 0 Å². The first-order valence-corrected chi connectivity index (χ1v) is 10.4. The zero-order chi connectivity index (χ0) is 22.1. The molecule has 6 nitrogen and oxygen atoms in total. The minimum Gasteiger partial charge on any atom is -0.427 e. The first-order chi connectivity index (χ1) is 15.1. The van der Waals surface area contributed by atoms with Crippen LogP contribution in [-0.2, 0) is 4.74 Å². The molecule has 0 atom stereocenters. The molecule has 0 aromatic heterocycles. The molecule has 162 valence electrons. The van der Waals surface area contributed by atoms with Crippen LogP contribution >= 0.6 is 0 Å². The summed E-state index contributed by atoms with van der Waals surface area (Å²) in [4.78, 5) is 16.5. The lowest BCUT2D eigenvalue weighted by Crippen LogP contribution is -2.27. The van der Waals surface area contributed by atoms with E-state index in [2.05, 4.69) is 10.2 Å². The maximum atomic E-state index is 12.5. The molecule has 2 N–H and O–H groups in total. The summed E-state index contributed by atoms with van der Waals surface area (Å²) in [7, 11) is 0. The molecule has 0 aliphatic carbocycles. The van der Waals surface area contributed by atoms with Crippen LogP contribution in [0.2, 0.25) is 0 Å². The number of para-hydroxylation sites is 2. The summed E-state index contributed by atoms with van der Waals surface area (Å²) in [6.45, 7) is 5.52. The topological polar surface area (TPSA) is 65.0 Å². The minimum absolute atomic E-state index is 0.0805. The van der Waals surface area contributed by atoms with Crippen LogP contribution < -0.4 is 15.1 Å². The largest absolute Gasteiger partial charge is 0.427 e. The number of ether oxygens (including phenoxy) is 1. The molecule has 0 fully saturated rings. The molecule has 0 aliphatic heterocycles. The number of benzene rings is 3. The number of hydrogen-bond acceptors (Lipinski definition) is 5. The van der Waals surface area contributed by atoms with E-state index in [1.807, 2.05) is 97.6 Å². The fraction of sp³-hybridized carbons (Fsp3) is 0.240. The van der Waals surface area contributed by atoms with Gasteiger partial charge in [0.1, 0.15) is 0 Å². The van der Waals surface area contributed by atoms with Crippen molar-refractivity contribution >= 4 is 28.8 Å². The third kappa shape index (κ3) is 5.99. The van der Waals surface area contributed by atoms with Gasteiger partial charge in [0, 0.05) is 35.8 Å². The van der Waals surface area contributed by atoms with E-state index in [1.54, 1.807) is 0 Å². The number of aryl methyl sites for hydroxylation is 1. The van der Waals surface area contributed by atoms with Crippen molar-refractivity contribution in [2.24, 2.45) is 0 Å². The Morgan fingerprint density at radius 3 is 2.06 bits per heavy atom. The van der Waals surface area contributed by atoms with Crippen LogP contribution in [0.1, 0.15) is 12.5 Å². The van der Waals surface area contributed by atoms with Crippen LogP contribution in [0.25, 0.3) is 0 Å². The molecule has 0 bridgehead atoms. The van der Waals surface area contributed by atoms with E-state index >= 15 is 0 Å². The van der Waals surface area contributed by atoms with E-state index < -0.39 is 6.09 Å². The average Bonchev–Trinajstić information content (AvgIpc) is 2.80. The average molecular weight is 420 g/mol. The maximum absolute atomic E-state index is 12.5. The summed E-state index contributed by atoms with van der Waals surface area (Å²) < 4.78 is 5.54. The number of amides is 1. The highest BCUT2D eigenvalue weighted by molar-refractivity contribution is 5.86. The van der Waals surface area contributed by atoms with Crippen molar-refractivity contribution < 1.29 is 14.6 Å². The summed E-state index contributed by atoms with van der Waals surface area (Å²) in [5.74, 6) is 0. The van der Waals surface area contributed by atoms with Crippen LogP contribution in [-0.4, -0.2) is 37.6 Å². The molecule has 31 heavy (non-hydrogen) atoms. The Kier molecular flexibility index (Phi) is 7.90. The number of hydrogen-bond donors (Lipinski definition) is 2. The number of nitrogens with zero attached hydrogens (tertiary/aromatic N) is 2. The lowest BCUT2D eigenvalue weighted by molar-refractivity contribution is 0.164. The smallest absolute Gasteiger partial charge is 0.413 e. The molecule has 3 rings (SSSR count). The minimum atomic E-state index is -0.518. The van der Waals surface area contributed by atoms with Crippen molar-refractivity contribution in [1.82, 2.24) is 0 Å². The second kappa shape index (κ2) is 11.0. The van der Waals surface area contributed by atoms with Gasteiger partial charge in [0.25, 0.3) is 0 Å². The van der Waals surface area contributed by atoms with Crippen molar-refractivity contribution in [3.05, 3.63) is 84.4 Å². The molecule has 6 heteroatoms. The standard InChI is InChI=1S/C25H29N3O3/c1-3-27(16-17-29)23-14-15-24(20(2)18-23)26-25(30)31-19-28(21-10-6-4-7-11-21)22-12-8-5-9-13-22/h4-15,18,29H,3,16-17,19H2,1-2H3,(H,26,30). The monoisotopic (exact) mass is 419 g/mol. The van der Waals surface area contributed by atoms with Crippen molar-refractivity contribution in [2.45, 2.75) is 13.8 Å². The van der Waals surface area contributed by atoms with Gasteiger partial charge in [0.05, 0.1) is 6.61 Å². The van der Waals surface area contributed by atoms with Crippen molar-refractivity contribution in [1.29, 1.82) is 0 Å². The van der Waals surface area contributed by atoms with Crippen molar-refractivity contribution in [3.8, 4) is 0 Å². The third-order valence-electron chi connectivity index (χ3n) is 5.02. The Hall–Kier alpha value is -3.51. The highest BCUT2D eigenvalue weighted by atomic mass is 16.6. The number of likely N-dealkylation sites (N-methyl/N-ethyl adjacent to an activating group) is 1. The van der Waals surface area contributed by atoms with Gasteiger partial charge in [0.2, 0.25) is 0 Å². The van der Waals surface area contributed by atoms with Crippen LogP contribution in [0.15, 0.2) is 78.9 Å². The van der Waals surface area contributed by atoms with Gasteiger partial charge >= 0.3 is 6.09 Å². The second-order valence-electron chi connectivity index (χ2n) is 7.09. The number of anilines is 4. The number of carbonyl (C=O) groups is 1. The SMILES string of the molecule is CCN(CCO)c1ccc(NC(=O)OCN(c2ccccc2)c2ccccc2)c(C)c1. The van der Waals surface area contributed by atoms with Gasteiger partial charge in [0.15, 0.2) is 6.73 Å². The quantitative estimate of drug-likeness (QED) is 0.469. The molecule has 0 heterocycles. The van der Waals surface area contributed by atoms with Crippen LogP contribution in [0.3, 0.4) is 0 Å². The van der Waals surface area contributed by atoms with Gasteiger partial charge in [-0.15, -0.1) is 0 Å². The molecule has 0 unspecified atom stereocenters. The summed E-state index contributed by atoms with van der Waals surface area (Å²) in [5, 5.41) is 12.1. The fourth-order valence-electron chi connectivity index (χ4n) is 3.36. The predicted octanol–water partition coefficient (Wildman–Crippen LogP) is 5.16. The number of aliphatic hydroxyl groups is 1. The Balaban J connectivity index is 1.67. The molecular formula is C25H29N3O3. The molecule has 0 spiro atoms. The van der Waals surface area contributed by atoms with E-state index in [-0.39, 0.29) is 13.3 Å². The lowest BCUT2D eigenvalue weighted by atomic mass is 10.1. The predicted molar refractivity (Wildman–Crippen MR) is 126 cm³/mol. The zero-order valence-corrected chi connectivity index (χ0v) is 18.0. The molecule has 3 aromatic carbocycles. The van der Waals surface area contributed by atoms with Gasteiger partial charge in [-0.3, -0.25) is 5.32 Å². The number of rotatable bonds is 9. The van der Waals surface area contributed by atoms with E-state index in [1.165, 1.54) is 0 Å². The Morgan fingerprint density at radius 1 is 0.935 bits per heavy atom. The third-order valence-corrected chi connectivity index (χ3v) is 5.02. The summed E-state index contributed by atoms with van der Waals surface area (Å²) in [6.07, 6.45) is -0.518. The number of nitrogens with one attached hydrogen (secondary N) is 1. The first-order valence-electron chi connectivity index (χ1n) is 10.4. The Bertz CT molecular complexity index is 925. The van der Waals surface area contributed by atoms with Gasteiger partial charge in [-0.05, 0) is 61.9 Å². The van der Waals surface area contributed by atoms with E-state index in [9.17, 15) is 9.90 Å².